The van der Waals surface area contributed by atoms with Crippen molar-refractivity contribution >= 4 is 45.3 Å². The number of imidazole rings is 1. The number of halogens is 1. The summed E-state index contributed by atoms with van der Waals surface area (Å²) in [5.41, 5.74) is -0.373. The Hall–Kier alpha value is -3.25. The van der Waals surface area contributed by atoms with Crippen molar-refractivity contribution in [2.75, 3.05) is 11.1 Å². The predicted molar refractivity (Wildman–Crippen MR) is 117 cm³/mol. The van der Waals surface area contributed by atoms with E-state index in [1.807, 2.05) is 0 Å². The summed E-state index contributed by atoms with van der Waals surface area (Å²) in [4.78, 5) is 45.9. The van der Waals surface area contributed by atoms with Crippen LogP contribution in [0.4, 0.5) is 9.52 Å². The number of anilines is 1. The maximum atomic E-state index is 14.3. The summed E-state index contributed by atoms with van der Waals surface area (Å²) >= 11 is 2.38. The molecule has 0 radical (unpaired) electrons. The number of carbonyl (C=O) groups is 1. The minimum Gasteiger partial charge on any atom is -0.308 e. The molecule has 12 heteroatoms. The fourth-order valence-electron chi connectivity index (χ4n) is 3.05. The zero-order valence-corrected chi connectivity index (χ0v) is 18.2. The minimum atomic E-state index is -0.541. The first-order chi connectivity index (χ1) is 14.9. The number of hydrogen-bond donors (Lipinski definition) is 1. The minimum absolute atomic E-state index is 0.00552. The number of hydrogen-bond acceptors (Lipinski definition) is 7. The number of thioether (sulfide) groups is 1. The molecule has 0 fully saturated rings. The molecule has 0 atom stereocenters. The monoisotopic (exact) mass is 460 g/mol. The van der Waals surface area contributed by atoms with Crippen LogP contribution in [0.1, 0.15) is 5.56 Å². The molecule has 0 unspecified atom stereocenters. The smallest absolute Gasteiger partial charge is 0.308 e. The molecule has 0 bridgehead atoms. The van der Waals surface area contributed by atoms with Gasteiger partial charge in [0.05, 0.1) is 12.3 Å². The first kappa shape index (κ1) is 21.0. The van der Waals surface area contributed by atoms with E-state index in [1.54, 1.807) is 29.8 Å². The van der Waals surface area contributed by atoms with Crippen molar-refractivity contribution in [3.8, 4) is 0 Å². The van der Waals surface area contributed by atoms with E-state index in [-0.39, 0.29) is 29.4 Å². The molecule has 3 aromatic heterocycles. The van der Waals surface area contributed by atoms with Crippen molar-refractivity contribution in [3.63, 3.8) is 0 Å². The van der Waals surface area contributed by atoms with Gasteiger partial charge < -0.3 is 9.88 Å². The zero-order valence-electron chi connectivity index (χ0n) is 16.5. The first-order valence-electron chi connectivity index (χ1n) is 9.08. The average molecular weight is 461 g/mol. The number of fused-ring (bicyclic) bond motifs is 1. The van der Waals surface area contributed by atoms with E-state index in [0.29, 0.717) is 15.9 Å². The molecule has 0 aliphatic rings. The van der Waals surface area contributed by atoms with Crippen LogP contribution in [0.2, 0.25) is 0 Å². The molecule has 31 heavy (non-hydrogen) atoms. The summed E-state index contributed by atoms with van der Waals surface area (Å²) < 4.78 is 18.1. The molecule has 4 aromatic rings. The quantitative estimate of drug-likeness (QED) is 0.440. The van der Waals surface area contributed by atoms with Crippen LogP contribution in [0.3, 0.4) is 0 Å². The SMILES string of the molecule is Cn1c(=O)c2c(nc(SCC(=O)Nc3nccs3)n2Cc2ccccc2F)n(C)c1=O. The van der Waals surface area contributed by atoms with Crippen LogP contribution >= 0.6 is 23.1 Å². The van der Waals surface area contributed by atoms with Gasteiger partial charge in [-0.2, -0.15) is 0 Å². The van der Waals surface area contributed by atoms with E-state index < -0.39 is 17.1 Å². The van der Waals surface area contributed by atoms with E-state index in [0.717, 1.165) is 16.3 Å². The van der Waals surface area contributed by atoms with Gasteiger partial charge in [-0.3, -0.25) is 18.7 Å². The van der Waals surface area contributed by atoms with Gasteiger partial charge in [0.15, 0.2) is 21.5 Å². The second-order valence-corrected chi connectivity index (χ2v) is 8.46. The Morgan fingerprint density at radius 1 is 1.23 bits per heavy atom. The molecule has 160 valence electrons. The lowest BCUT2D eigenvalue weighted by molar-refractivity contribution is -0.113. The summed E-state index contributed by atoms with van der Waals surface area (Å²) in [7, 11) is 2.88. The van der Waals surface area contributed by atoms with Crippen molar-refractivity contribution < 1.29 is 9.18 Å². The Labute approximate surface area is 183 Å². The van der Waals surface area contributed by atoms with Crippen molar-refractivity contribution in [1.29, 1.82) is 0 Å². The number of nitrogens with one attached hydrogen (secondary N) is 1. The predicted octanol–water partition coefficient (Wildman–Crippen LogP) is 1.81. The van der Waals surface area contributed by atoms with Crippen LogP contribution < -0.4 is 16.6 Å². The van der Waals surface area contributed by atoms with Gasteiger partial charge in [0.1, 0.15) is 5.82 Å². The van der Waals surface area contributed by atoms with Crippen molar-refractivity contribution in [2.24, 2.45) is 14.1 Å². The average Bonchev–Trinajstić information content (AvgIpc) is 3.39. The van der Waals surface area contributed by atoms with Gasteiger partial charge in [0, 0.05) is 31.2 Å². The molecule has 4 rings (SSSR count). The molecule has 0 aliphatic carbocycles. The van der Waals surface area contributed by atoms with Crippen LogP contribution in [0, 0.1) is 5.82 Å². The van der Waals surface area contributed by atoms with Crippen LogP contribution in [-0.2, 0) is 25.4 Å². The Bertz CT molecular complexity index is 1390. The highest BCUT2D eigenvalue weighted by Gasteiger charge is 2.21. The van der Waals surface area contributed by atoms with Gasteiger partial charge in [-0.15, -0.1) is 11.3 Å². The van der Waals surface area contributed by atoms with Crippen molar-refractivity contribution in [3.05, 3.63) is 68.1 Å². The lowest BCUT2D eigenvalue weighted by Gasteiger charge is -2.10. The van der Waals surface area contributed by atoms with Crippen molar-refractivity contribution in [1.82, 2.24) is 23.7 Å². The summed E-state index contributed by atoms with van der Waals surface area (Å²) in [6.07, 6.45) is 1.58. The maximum Gasteiger partial charge on any atom is 0.332 e. The number of aromatic nitrogens is 5. The Morgan fingerprint density at radius 2 is 2.00 bits per heavy atom. The van der Waals surface area contributed by atoms with Gasteiger partial charge in [0.25, 0.3) is 5.56 Å². The fraction of sp³-hybridized carbons (Fsp3) is 0.211. The molecule has 1 amide bonds. The van der Waals surface area contributed by atoms with Crippen LogP contribution in [-0.4, -0.2) is 35.3 Å². The third kappa shape index (κ3) is 4.03. The fourth-order valence-corrected chi connectivity index (χ4v) is 4.39. The molecular formula is C19H17FN6O3S2. The van der Waals surface area contributed by atoms with Crippen molar-refractivity contribution in [2.45, 2.75) is 11.7 Å². The Morgan fingerprint density at radius 3 is 2.71 bits per heavy atom. The number of nitrogens with zero attached hydrogens (tertiary/aromatic N) is 5. The lowest BCUT2D eigenvalue weighted by atomic mass is 10.2. The molecule has 1 N–H and O–H groups in total. The van der Waals surface area contributed by atoms with E-state index in [9.17, 15) is 18.8 Å². The number of rotatable bonds is 6. The van der Waals surface area contributed by atoms with Gasteiger partial charge in [-0.05, 0) is 6.07 Å². The summed E-state index contributed by atoms with van der Waals surface area (Å²) in [6.45, 7) is 0.0209. The standard InChI is InChI=1S/C19H17FN6O3S2/c1-24-15-14(16(28)25(2)19(24)29)26(9-11-5-3-4-6-12(11)20)18(23-15)31-10-13(27)22-17-21-7-8-30-17/h3-8H,9-10H2,1-2H3,(H,21,22,27). The molecule has 0 spiro atoms. The van der Waals surface area contributed by atoms with E-state index in [4.69, 9.17) is 0 Å². The lowest BCUT2D eigenvalue weighted by Crippen LogP contribution is -2.37. The topological polar surface area (TPSA) is 104 Å². The summed E-state index contributed by atoms with van der Waals surface area (Å²) in [6, 6.07) is 6.21. The van der Waals surface area contributed by atoms with Gasteiger partial charge in [-0.25, -0.2) is 19.2 Å². The van der Waals surface area contributed by atoms with Crippen LogP contribution in [0.5, 0.6) is 0 Å². The van der Waals surface area contributed by atoms with Gasteiger partial charge >= 0.3 is 5.69 Å². The zero-order chi connectivity index (χ0) is 22.1. The molecule has 0 saturated heterocycles. The first-order valence-corrected chi connectivity index (χ1v) is 10.9. The molecule has 1 aromatic carbocycles. The van der Waals surface area contributed by atoms with Gasteiger partial charge in [0.2, 0.25) is 5.91 Å². The molecule has 3 heterocycles. The van der Waals surface area contributed by atoms with E-state index >= 15 is 0 Å². The molecule has 0 aliphatic heterocycles. The largest absolute Gasteiger partial charge is 0.332 e. The highest BCUT2D eigenvalue weighted by atomic mass is 32.2. The number of aryl methyl sites for hydroxylation is 1. The Balaban J connectivity index is 1.76. The van der Waals surface area contributed by atoms with Crippen LogP contribution in [0.15, 0.2) is 50.6 Å². The third-order valence-electron chi connectivity index (χ3n) is 4.61. The van der Waals surface area contributed by atoms with E-state index in [1.165, 1.54) is 40.6 Å². The van der Waals surface area contributed by atoms with E-state index in [2.05, 4.69) is 15.3 Å². The number of thiazole rings is 1. The molecule has 0 saturated carbocycles. The normalized spacial score (nSPS) is 11.2. The maximum absolute atomic E-state index is 14.3. The van der Waals surface area contributed by atoms with Crippen LogP contribution in [0.25, 0.3) is 11.2 Å². The highest BCUT2D eigenvalue weighted by Crippen LogP contribution is 2.24. The molecular weight excluding hydrogens is 443 g/mol. The summed E-state index contributed by atoms with van der Waals surface area (Å²) in [5, 5.41) is 5.22. The highest BCUT2D eigenvalue weighted by molar-refractivity contribution is 7.99. The molecule has 9 nitrogen and oxygen atoms in total. The van der Waals surface area contributed by atoms with Gasteiger partial charge in [-0.1, -0.05) is 30.0 Å². The number of amides is 1. The Kier molecular flexibility index (Phi) is 5.74. The second kappa shape index (κ2) is 8.47. The number of benzene rings is 1. The third-order valence-corrected chi connectivity index (χ3v) is 6.28. The second-order valence-electron chi connectivity index (χ2n) is 6.62. The number of carbonyl (C=O) groups excluding carboxylic acids is 1. The summed E-state index contributed by atoms with van der Waals surface area (Å²) in [5.74, 6) is -0.733.